The maximum absolute atomic E-state index is 6.03. The summed E-state index contributed by atoms with van der Waals surface area (Å²) < 4.78 is 7.02. The van der Waals surface area contributed by atoms with Crippen molar-refractivity contribution in [3.05, 3.63) is 71.3 Å². The van der Waals surface area contributed by atoms with Crippen LogP contribution in [0, 0.1) is 6.92 Å². The van der Waals surface area contributed by atoms with Gasteiger partial charge in [-0.25, -0.2) is 0 Å². The quantitative estimate of drug-likeness (QED) is 0.368. The number of hydrogen-bond donors (Lipinski definition) is 0. The molecule has 106 valence electrons. The molecule has 0 saturated heterocycles. The van der Waals surface area contributed by atoms with Crippen molar-refractivity contribution in [2.24, 2.45) is 0 Å². The summed E-state index contributed by atoms with van der Waals surface area (Å²) in [6, 6.07) is 19.3. The summed E-state index contributed by atoms with van der Waals surface area (Å²) in [5, 5.41) is 0. The summed E-state index contributed by atoms with van der Waals surface area (Å²) in [5.74, 6) is 0. The molecule has 0 spiro atoms. The Labute approximate surface area is 135 Å². The van der Waals surface area contributed by atoms with E-state index in [1.54, 1.807) is 0 Å². The zero-order valence-electron chi connectivity index (χ0n) is 11.9. The molecule has 0 radical (unpaired) electrons. The maximum atomic E-state index is 6.03. The summed E-state index contributed by atoms with van der Waals surface area (Å²) in [6.07, 6.45) is 2.37. The minimum absolute atomic E-state index is 0.215. The van der Waals surface area contributed by atoms with Crippen LogP contribution in [0.2, 0.25) is 0 Å². The Morgan fingerprint density at radius 1 is 1.00 bits per heavy atom. The van der Waals surface area contributed by atoms with Gasteiger partial charge >= 0.3 is 0 Å². The molecule has 0 amide bonds. The Balaban J connectivity index is 1.78. The largest absolute Gasteiger partial charge is 0.373 e. The van der Waals surface area contributed by atoms with Gasteiger partial charge in [-0.05, 0) is 30.9 Å². The lowest BCUT2D eigenvalue weighted by Crippen LogP contribution is -2.07. The molecular formula is C18H21IO. The SMILES string of the molecule is Cc1ccc(C(CI)OCCCc2ccccc2)cc1. The van der Waals surface area contributed by atoms with E-state index in [0.717, 1.165) is 23.9 Å². The average Bonchev–Trinajstić information content (AvgIpc) is 2.50. The number of aryl methyl sites for hydroxylation is 2. The van der Waals surface area contributed by atoms with Crippen LogP contribution in [0.4, 0.5) is 0 Å². The first kappa shape index (κ1) is 15.5. The van der Waals surface area contributed by atoms with Crippen molar-refractivity contribution in [2.45, 2.75) is 25.9 Å². The Bertz CT molecular complexity index is 493. The topological polar surface area (TPSA) is 9.23 Å². The molecule has 0 N–H and O–H groups in total. The predicted molar refractivity (Wildman–Crippen MR) is 93.5 cm³/mol. The Kier molecular flexibility index (Phi) is 6.54. The second kappa shape index (κ2) is 8.42. The van der Waals surface area contributed by atoms with Crippen molar-refractivity contribution in [3.63, 3.8) is 0 Å². The lowest BCUT2D eigenvalue weighted by atomic mass is 10.1. The molecule has 0 saturated carbocycles. The molecule has 0 aromatic heterocycles. The molecule has 2 heteroatoms. The molecule has 0 fully saturated rings. The van der Waals surface area contributed by atoms with Gasteiger partial charge in [-0.2, -0.15) is 0 Å². The molecule has 2 aromatic carbocycles. The predicted octanol–water partition coefficient (Wildman–Crippen LogP) is 5.12. The minimum Gasteiger partial charge on any atom is -0.373 e. The van der Waals surface area contributed by atoms with Gasteiger partial charge in [0, 0.05) is 11.0 Å². The molecule has 2 aromatic rings. The van der Waals surface area contributed by atoms with E-state index in [1.165, 1.54) is 16.7 Å². The van der Waals surface area contributed by atoms with E-state index in [2.05, 4.69) is 84.1 Å². The van der Waals surface area contributed by atoms with Gasteiger partial charge in [-0.15, -0.1) is 0 Å². The zero-order chi connectivity index (χ0) is 14.2. The molecule has 0 bridgehead atoms. The summed E-state index contributed by atoms with van der Waals surface area (Å²) in [4.78, 5) is 0. The van der Waals surface area contributed by atoms with Gasteiger partial charge in [0.1, 0.15) is 0 Å². The van der Waals surface area contributed by atoms with Gasteiger partial charge in [-0.3, -0.25) is 0 Å². The number of alkyl halides is 1. The van der Waals surface area contributed by atoms with E-state index < -0.39 is 0 Å². The van der Waals surface area contributed by atoms with Crippen molar-refractivity contribution in [1.29, 1.82) is 0 Å². The minimum atomic E-state index is 0.215. The van der Waals surface area contributed by atoms with Gasteiger partial charge in [-0.1, -0.05) is 82.8 Å². The smallest absolute Gasteiger partial charge is 0.0914 e. The van der Waals surface area contributed by atoms with Gasteiger partial charge in [0.2, 0.25) is 0 Å². The first-order valence-corrected chi connectivity index (χ1v) is 8.60. The first-order chi connectivity index (χ1) is 9.79. The number of ether oxygens (including phenoxy) is 1. The van der Waals surface area contributed by atoms with E-state index >= 15 is 0 Å². The number of halogens is 1. The van der Waals surface area contributed by atoms with Crippen LogP contribution in [0.15, 0.2) is 54.6 Å². The van der Waals surface area contributed by atoms with Crippen LogP contribution < -0.4 is 0 Å². The molecule has 1 nitrogen and oxygen atoms in total. The van der Waals surface area contributed by atoms with Gasteiger partial charge in [0.25, 0.3) is 0 Å². The van der Waals surface area contributed by atoms with Gasteiger partial charge in [0.05, 0.1) is 6.10 Å². The van der Waals surface area contributed by atoms with Gasteiger partial charge < -0.3 is 4.74 Å². The van der Waals surface area contributed by atoms with Crippen LogP contribution in [-0.4, -0.2) is 11.0 Å². The van der Waals surface area contributed by atoms with Gasteiger partial charge in [0.15, 0.2) is 0 Å². The van der Waals surface area contributed by atoms with Crippen LogP contribution >= 0.6 is 22.6 Å². The highest BCUT2D eigenvalue weighted by Crippen LogP contribution is 2.21. The molecule has 1 atom stereocenters. The lowest BCUT2D eigenvalue weighted by Gasteiger charge is -2.16. The molecular weight excluding hydrogens is 359 g/mol. The Hall–Kier alpha value is -0.870. The van der Waals surface area contributed by atoms with Crippen LogP contribution in [0.5, 0.6) is 0 Å². The zero-order valence-corrected chi connectivity index (χ0v) is 14.0. The molecule has 0 aliphatic carbocycles. The Morgan fingerprint density at radius 2 is 1.70 bits per heavy atom. The average molecular weight is 380 g/mol. The number of hydrogen-bond acceptors (Lipinski definition) is 1. The van der Waals surface area contributed by atoms with E-state index in [0.29, 0.717) is 0 Å². The standard InChI is InChI=1S/C18H21IO/c1-15-9-11-17(12-10-15)18(14-19)20-13-5-8-16-6-3-2-4-7-16/h2-4,6-7,9-12,18H,5,8,13-14H2,1H3. The Morgan fingerprint density at radius 3 is 2.35 bits per heavy atom. The summed E-state index contributed by atoms with van der Waals surface area (Å²) >= 11 is 2.40. The normalized spacial score (nSPS) is 12.3. The molecule has 0 heterocycles. The summed E-state index contributed by atoms with van der Waals surface area (Å²) in [7, 11) is 0. The fourth-order valence-electron chi connectivity index (χ4n) is 2.16. The third kappa shape index (κ3) is 4.91. The van der Waals surface area contributed by atoms with E-state index in [1.807, 2.05) is 0 Å². The summed E-state index contributed by atoms with van der Waals surface area (Å²) in [6.45, 7) is 2.93. The monoisotopic (exact) mass is 380 g/mol. The molecule has 20 heavy (non-hydrogen) atoms. The van der Waals surface area contributed by atoms with E-state index in [9.17, 15) is 0 Å². The van der Waals surface area contributed by atoms with Crippen molar-refractivity contribution in [1.82, 2.24) is 0 Å². The molecule has 0 aliphatic heterocycles. The highest BCUT2D eigenvalue weighted by molar-refractivity contribution is 14.1. The summed E-state index contributed by atoms with van der Waals surface area (Å²) in [5.41, 5.74) is 3.97. The van der Waals surface area contributed by atoms with E-state index in [-0.39, 0.29) is 6.10 Å². The van der Waals surface area contributed by atoms with Crippen LogP contribution in [0.25, 0.3) is 0 Å². The lowest BCUT2D eigenvalue weighted by molar-refractivity contribution is 0.0693. The van der Waals surface area contributed by atoms with Crippen molar-refractivity contribution >= 4 is 22.6 Å². The van der Waals surface area contributed by atoms with E-state index in [4.69, 9.17) is 4.74 Å². The molecule has 2 rings (SSSR count). The fourth-order valence-corrected chi connectivity index (χ4v) is 2.92. The van der Waals surface area contributed by atoms with Crippen LogP contribution in [0.3, 0.4) is 0 Å². The maximum Gasteiger partial charge on any atom is 0.0914 e. The highest BCUT2D eigenvalue weighted by atomic mass is 127. The molecule has 1 unspecified atom stereocenters. The van der Waals surface area contributed by atoms with Crippen LogP contribution in [-0.2, 0) is 11.2 Å². The van der Waals surface area contributed by atoms with Crippen LogP contribution in [0.1, 0.15) is 29.2 Å². The third-order valence-corrected chi connectivity index (χ3v) is 4.16. The fraction of sp³-hybridized carbons (Fsp3) is 0.333. The second-order valence-corrected chi connectivity index (χ2v) is 5.89. The third-order valence-electron chi connectivity index (χ3n) is 3.36. The second-order valence-electron chi connectivity index (χ2n) is 5.01. The first-order valence-electron chi connectivity index (χ1n) is 7.07. The number of rotatable bonds is 7. The van der Waals surface area contributed by atoms with Crippen molar-refractivity contribution in [2.75, 3.05) is 11.0 Å². The molecule has 0 aliphatic rings. The van der Waals surface area contributed by atoms with Crippen molar-refractivity contribution < 1.29 is 4.74 Å². The highest BCUT2D eigenvalue weighted by Gasteiger charge is 2.09. The van der Waals surface area contributed by atoms with Crippen molar-refractivity contribution in [3.8, 4) is 0 Å². The number of benzene rings is 2.